The summed E-state index contributed by atoms with van der Waals surface area (Å²) in [4.78, 5) is 3.67. The van der Waals surface area contributed by atoms with E-state index in [1.807, 2.05) is 0 Å². The fourth-order valence-corrected chi connectivity index (χ4v) is 5.28. The number of anilines is 1. The minimum Gasteiger partial charge on any atom is -0.268 e. The number of pyridine rings is 1. The Morgan fingerprint density at radius 1 is 0.967 bits per heavy atom. The van der Waals surface area contributed by atoms with Gasteiger partial charge in [0.15, 0.2) is 9.84 Å². The molecule has 0 aliphatic heterocycles. The van der Waals surface area contributed by atoms with E-state index in [0.717, 1.165) is 30.5 Å². The molecule has 1 unspecified atom stereocenters. The summed E-state index contributed by atoms with van der Waals surface area (Å²) in [6.45, 7) is 0. The monoisotopic (exact) mass is 472 g/mol. The summed E-state index contributed by atoms with van der Waals surface area (Å²) in [6.07, 6.45) is 2.07. The van der Waals surface area contributed by atoms with Crippen LogP contribution in [0.4, 0.5) is 14.6 Å². The zero-order valence-corrected chi connectivity index (χ0v) is 17.8. The molecule has 0 saturated carbocycles. The maximum Gasteiger partial charge on any atom is 0.230 e. The second-order valence-electron chi connectivity index (χ2n) is 6.39. The van der Waals surface area contributed by atoms with Gasteiger partial charge in [0.1, 0.15) is 22.7 Å². The van der Waals surface area contributed by atoms with E-state index in [0.29, 0.717) is 5.02 Å². The summed E-state index contributed by atoms with van der Waals surface area (Å²) in [5.41, 5.74) is -0.433. The minimum atomic E-state index is -4.29. The third-order valence-electron chi connectivity index (χ3n) is 4.07. The first-order valence-corrected chi connectivity index (χ1v) is 12.2. The molecule has 11 heteroatoms. The van der Waals surface area contributed by atoms with E-state index in [2.05, 4.69) is 9.71 Å². The van der Waals surface area contributed by atoms with Crippen LogP contribution in [-0.4, -0.2) is 28.1 Å². The van der Waals surface area contributed by atoms with Crippen LogP contribution in [0.1, 0.15) is 16.4 Å². The van der Waals surface area contributed by atoms with Gasteiger partial charge in [0.2, 0.25) is 10.0 Å². The Morgan fingerprint density at radius 2 is 1.63 bits per heavy atom. The Hall–Kier alpha value is -2.56. The number of benzene rings is 2. The quantitative estimate of drug-likeness (QED) is 0.586. The molecule has 0 spiro atoms. The van der Waals surface area contributed by atoms with Crippen LogP contribution >= 0.6 is 11.6 Å². The number of rotatable bonds is 6. The van der Waals surface area contributed by atoms with Gasteiger partial charge in [-0.15, -0.1) is 0 Å². The zero-order valence-electron chi connectivity index (χ0n) is 15.4. The molecule has 3 aromatic rings. The van der Waals surface area contributed by atoms with Crippen molar-refractivity contribution in [3.63, 3.8) is 0 Å². The molecule has 0 aliphatic carbocycles. The van der Waals surface area contributed by atoms with Crippen molar-refractivity contribution in [1.29, 1.82) is 0 Å². The van der Waals surface area contributed by atoms with E-state index in [1.165, 1.54) is 36.5 Å². The van der Waals surface area contributed by atoms with Crippen molar-refractivity contribution in [3.05, 3.63) is 88.6 Å². The number of sulfone groups is 1. The van der Waals surface area contributed by atoms with E-state index in [-0.39, 0.29) is 16.3 Å². The van der Waals surface area contributed by atoms with Gasteiger partial charge in [-0.1, -0.05) is 11.6 Å². The molecule has 3 rings (SSSR count). The largest absolute Gasteiger partial charge is 0.268 e. The standard InChI is InChI=1S/C19H15ClF2N2O4S2/c1-29(25,26)24-18-10-12(8-9-23-18)19(16-11-14(21)4-7-17(16)22)30(27,28)15-5-2-13(20)3-6-15/h2-11,19H,1H3,(H,23,24). The van der Waals surface area contributed by atoms with Crippen LogP contribution in [0.3, 0.4) is 0 Å². The highest BCUT2D eigenvalue weighted by atomic mass is 35.5. The van der Waals surface area contributed by atoms with Crippen LogP contribution in [0.2, 0.25) is 5.02 Å². The van der Waals surface area contributed by atoms with Crippen molar-refractivity contribution in [2.75, 3.05) is 11.0 Å². The number of nitrogens with one attached hydrogen (secondary N) is 1. The molecule has 2 aromatic carbocycles. The van der Waals surface area contributed by atoms with Crippen molar-refractivity contribution >= 4 is 37.3 Å². The topological polar surface area (TPSA) is 93.2 Å². The minimum absolute atomic E-state index is 0.00407. The Morgan fingerprint density at radius 3 is 2.27 bits per heavy atom. The number of hydrogen-bond acceptors (Lipinski definition) is 5. The van der Waals surface area contributed by atoms with Crippen LogP contribution in [0.5, 0.6) is 0 Å². The van der Waals surface area contributed by atoms with Crippen molar-refractivity contribution < 1.29 is 25.6 Å². The molecule has 0 amide bonds. The molecule has 1 atom stereocenters. The Balaban J connectivity index is 2.25. The number of aromatic nitrogens is 1. The summed E-state index contributed by atoms with van der Waals surface area (Å²) in [7, 11) is -8.00. The Bertz CT molecular complexity index is 1300. The van der Waals surface area contributed by atoms with Gasteiger partial charge in [-0.3, -0.25) is 4.72 Å². The molecular weight excluding hydrogens is 458 g/mol. The van der Waals surface area contributed by atoms with Crippen molar-refractivity contribution in [2.45, 2.75) is 10.1 Å². The molecule has 1 N–H and O–H groups in total. The van der Waals surface area contributed by atoms with Gasteiger partial charge in [0, 0.05) is 16.8 Å². The summed E-state index contributed by atoms with van der Waals surface area (Å²) in [5, 5.41) is -1.37. The summed E-state index contributed by atoms with van der Waals surface area (Å²) < 4.78 is 80.5. The van der Waals surface area contributed by atoms with Gasteiger partial charge < -0.3 is 0 Å². The van der Waals surface area contributed by atoms with E-state index in [4.69, 9.17) is 11.6 Å². The SMILES string of the molecule is CS(=O)(=O)Nc1cc(C(c2cc(F)ccc2F)S(=O)(=O)c2ccc(Cl)cc2)ccn1. The fourth-order valence-electron chi connectivity index (χ4n) is 2.86. The predicted octanol–water partition coefficient (Wildman–Crippen LogP) is 3.95. The Labute approximate surface area is 177 Å². The Kier molecular flexibility index (Phi) is 6.11. The highest BCUT2D eigenvalue weighted by molar-refractivity contribution is 7.92. The van der Waals surface area contributed by atoms with Crippen LogP contribution in [0.25, 0.3) is 0 Å². The molecule has 1 aromatic heterocycles. The normalized spacial score (nSPS) is 13.1. The van der Waals surface area contributed by atoms with Crippen molar-refractivity contribution in [2.24, 2.45) is 0 Å². The molecule has 6 nitrogen and oxygen atoms in total. The lowest BCUT2D eigenvalue weighted by atomic mass is 10.0. The van der Waals surface area contributed by atoms with E-state index in [9.17, 15) is 25.6 Å². The molecule has 0 fully saturated rings. The van der Waals surface area contributed by atoms with Crippen molar-refractivity contribution in [1.82, 2.24) is 4.98 Å². The molecule has 158 valence electrons. The lowest BCUT2D eigenvalue weighted by molar-refractivity contribution is 0.569. The van der Waals surface area contributed by atoms with Gasteiger partial charge in [0.25, 0.3) is 0 Å². The lowest BCUT2D eigenvalue weighted by Crippen LogP contribution is -2.18. The molecule has 0 saturated heterocycles. The molecule has 30 heavy (non-hydrogen) atoms. The first kappa shape index (κ1) is 22.1. The number of halogens is 3. The van der Waals surface area contributed by atoms with Crippen molar-refractivity contribution in [3.8, 4) is 0 Å². The average molecular weight is 473 g/mol. The molecule has 0 aliphatic rings. The van der Waals surface area contributed by atoms with E-state index in [1.54, 1.807) is 0 Å². The summed E-state index contributed by atoms with van der Waals surface area (Å²) in [6, 6.07) is 10.1. The molecular formula is C19H15ClF2N2O4S2. The van der Waals surface area contributed by atoms with Gasteiger partial charge in [-0.25, -0.2) is 30.6 Å². The molecule has 0 radical (unpaired) electrons. The maximum atomic E-state index is 14.6. The smallest absolute Gasteiger partial charge is 0.230 e. The van der Waals surface area contributed by atoms with Crippen LogP contribution in [0.15, 0.2) is 65.7 Å². The summed E-state index contributed by atoms with van der Waals surface area (Å²) in [5.74, 6) is -1.93. The maximum absolute atomic E-state index is 14.6. The van der Waals surface area contributed by atoms with Crippen LogP contribution in [0, 0.1) is 11.6 Å². The highest BCUT2D eigenvalue weighted by Gasteiger charge is 2.33. The second-order valence-corrected chi connectivity index (χ2v) is 10.6. The van der Waals surface area contributed by atoms with Crippen LogP contribution in [-0.2, 0) is 19.9 Å². The van der Waals surface area contributed by atoms with E-state index >= 15 is 0 Å². The fraction of sp³-hybridized carbons (Fsp3) is 0.105. The average Bonchev–Trinajstić information content (AvgIpc) is 2.64. The molecule has 0 bridgehead atoms. The predicted molar refractivity (Wildman–Crippen MR) is 110 cm³/mol. The van der Waals surface area contributed by atoms with Gasteiger partial charge >= 0.3 is 0 Å². The highest BCUT2D eigenvalue weighted by Crippen LogP contribution is 2.37. The van der Waals surface area contributed by atoms with Gasteiger partial charge in [-0.05, 0) is 60.2 Å². The second kappa shape index (κ2) is 8.29. The third-order valence-corrected chi connectivity index (χ3v) is 6.98. The summed E-state index contributed by atoms with van der Waals surface area (Å²) >= 11 is 5.83. The van der Waals surface area contributed by atoms with Crippen LogP contribution < -0.4 is 4.72 Å². The van der Waals surface area contributed by atoms with Gasteiger partial charge in [-0.2, -0.15) is 0 Å². The molecule has 1 heterocycles. The number of sulfonamides is 1. The number of hydrogen-bond donors (Lipinski definition) is 1. The zero-order chi connectivity index (χ0) is 22.1. The number of nitrogens with zero attached hydrogens (tertiary/aromatic N) is 1. The lowest BCUT2D eigenvalue weighted by Gasteiger charge is -2.20. The van der Waals surface area contributed by atoms with E-state index < -0.39 is 42.3 Å². The third kappa shape index (κ3) is 4.94. The first-order valence-electron chi connectivity index (χ1n) is 8.35. The van der Waals surface area contributed by atoms with Gasteiger partial charge in [0.05, 0.1) is 11.2 Å². The first-order chi connectivity index (χ1) is 14.0.